The molecule has 1 heterocycles. The van der Waals surface area contributed by atoms with Crippen LogP contribution in [0.3, 0.4) is 0 Å². The molecule has 1 aliphatic heterocycles. The van der Waals surface area contributed by atoms with Crippen molar-refractivity contribution in [3.8, 4) is 5.75 Å². The maximum absolute atomic E-state index is 12.7. The zero-order valence-electron chi connectivity index (χ0n) is 28.7. The van der Waals surface area contributed by atoms with Crippen LogP contribution < -0.4 is 31.7 Å². The van der Waals surface area contributed by atoms with Crippen LogP contribution in [0.5, 0.6) is 5.75 Å². The zero-order valence-corrected chi connectivity index (χ0v) is 28.7. The van der Waals surface area contributed by atoms with Gasteiger partial charge in [0, 0.05) is 38.9 Å². The van der Waals surface area contributed by atoms with Crippen LogP contribution in [0.4, 0.5) is 0 Å². The van der Waals surface area contributed by atoms with Gasteiger partial charge in [0.1, 0.15) is 30.0 Å². The van der Waals surface area contributed by atoms with Crippen LogP contribution in [0.25, 0.3) is 0 Å². The van der Waals surface area contributed by atoms with Crippen molar-refractivity contribution in [3.05, 3.63) is 102 Å². The van der Waals surface area contributed by atoms with E-state index in [0.717, 1.165) is 49.2 Å². The molecule has 4 rings (SSSR count). The van der Waals surface area contributed by atoms with Gasteiger partial charge in [-0.2, -0.15) is 0 Å². The number of primary amides is 1. The molecule has 266 valence electrons. The number of amides is 5. The summed E-state index contributed by atoms with van der Waals surface area (Å²) in [5.41, 5.74) is 8.68. The van der Waals surface area contributed by atoms with E-state index in [-0.39, 0.29) is 31.4 Å². The number of benzene rings is 3. The fraction of sp³-hybridized carbons (Fsp3) is 0.395. The lowest BCUT2D eigenvalue weighted by atomic mass is 10.0. The van der Waals surface area contributed by atoms with Gasteiger partial charge in [0.05, 0.1) is 6.54 Å². The summed E-state index contributed by atoms with van der Waals surface area (Å²) in [6.07, 6.45) is 3.05. The highest BCUT2D eigenvalue weighted by Crippen LogP contribution is 2.25. The molecule has 3 aromatic rings. The summed E-state index contributed by atoms with van der Waals surface area (Å²) >= 11 is 0. The zero-order chi connectivity index (χ0) is 35.9. The summed E-state index contributed by atoms with van der Waals surface area (Å²) in [4.78, 5) is 64.3. The third-order valence-electron chi connectivity index (χ3n) is 8.60. The van der Waals surface area contributed by atoms with Crippen LogP contribution in [0, 0.1) is 0 Å². The Hall–Kier alpha value is -5.23. The molecule has 0 aliphatic carbocycles. The van der Waals surface area contributed by atoms with Crippen LogP contribution in [0.1, 0.15) is 49.8 Å². The number of nitrogens with two attached hydrogens (primary N) is 1. The number of para-hydroxylation sites is 1. The van der Waals surface area contributed by atoms with Gasteiger partial charge in [-0.05, 0) is 49.4 Å². The Morgan fingerprint density at radius 3 is 2.00 bits per heavy atom. The van der Waals surface area contributed by atoms with Gasteiger partial charge in [-0.1, -0.05) is 78.9 Å². The Morgan fingerprint density at radius 1 is 0.760 bits per heavy atom. The van der Waals surface area contributed by atoms with Gasteiger partial charge in [0.25, 0.3) is 0 Å². The smallest absolute Gasteiger partial charge is 0.242 e. The highest BCUT2D eigenvalue weighted by molar-refractivity contribution is 5.94. The predicted octanol–water partition coefficient (Wildman–Crippen LogP) is 1.85. The predicted molar refractivity (Wildman–Crippen MR) is 190 cm³/mol. The Labute approximate surface area is 293 Å². The van der Waals surface area contributed by atoms with Crippen molar-refractivity contribution < 1.29 is 28.7 Å². The number of likely N-dealkylation sites (tertiary alicyclic amines) is 1. The normalized spacial score (nSPS) is 15.2. The van der Waals surface area contributed by atoms with Crippen LogP contribution in [-0.2, 0) is 36.8 Å². The van der Waals surface area contributed by atoms with E-state index in [4.69, 9.17) is 10.5 Å². The van der Waals surface area contributed by atoms with Crippen LogP contribution in [0.15, 0.2) is 84.9 Å². The molecule has 0 spiro atoms. The number of rotatable bonds is 17. The van der Waals surface area contributed by atoms with E-state index in [2.05, 4.69) is 44.4 Å². The van der Waals surface area contributed by atoms with Crippen LogP contribution >= 0.6 is 0 Å². The molecule has 12 nitrogen and oxygen atoms in total. The standard InChI is InChI=1S/C38H48N6O6/c1-26(37(48)42-27(2)38(49)43-32(36(39)47)24-29-13-7-4-8-14-29)41-35(46)25-40-34(45)19-22-44-20-17-31(18-21-44)50-33-16-10-9-15-30(33)23-28-11-5-3-6-12-28/h3-16,26-27,31-32H,17-25H2,1-2H3,(H2,39,47)(H,40,45)(H,41,46)(H,42,48)(H,43,49)/t26-,27-,32+/m0/s1. The van der Waals surface area contributed by atoms with Gasteiger partial charge in [0.15, 0.2) is 0 Å². The molecule has 0 saturated carbocycles. The van der Waals surface area contributed by atoms with Crippen molar-refractivity contribution in [2.75, 3.05) is 26.2 Å². The molecule has 3 aromatic carbocycles. The van der Waals surface area contributed by atoms with E-state index < -0.39 is 41.8 Å². The fourth-order valence-corrected chi connectivity index (χ4v) is 5.67. The maximum atomic E-state index is 12.7. The molecule has 0 unspecified atom stereocenters. The minimum Gasteiger partial charge on any atom is -0.490 e. The first kappa shape index (κ1) is 37.6. The Bertz CT molecular complexity index is 1580. The van der Waals surface area contributed by atoms with Gasteiger partial charge in [-0.3, -0.25) is 24.0 Å². The number of hydrogen-bond acceptors (Lipinski definition) is 7. The molecule has 1 aliphatic rings. The molecule has 12 heteroatoms. The minimum absolute atomic E-state index is 0.101. The SMILES string of the molecule is C[C@H](NC(=O)CNC(=O)CCN1CCC(Oc2ccccc2Cc2ccccc2)CC1)C(=O)N[C@@H](C)C(=O)N[C@H](Cc1ccccc1)C(N)=O. The highest BCUT2D eigenvalue weighted by Gasteiger charge is 2.26. The quantitative estimate of drug-likeness (QED) is 0.144. The summed E-state index contributed by atoms with van der Waals surface area (Å²) < 4.78 is 6.41. The summed E-state index contributed by atoms with van der Waals surface area (Å²) in [6, 6.07) is 24.6. The maximum Gasteiger partial charge on any atom is 0.242 e. The summed E-state index contributed by atoms with van der Waals surface area (Å²) in [6.45, 7) is 4.81. The largest absolute Gasteiger partial charge is 0.490 e. The summed E-state index contributed by atoms with van der Waals surface area (Å²) in [7, 11) is 0. The molecule has 5 amide bonds. The summed E-state index contributed by atoms with van der Waals surface area (Å²) in [5, 5.41) is 10.2. The van der Waals surface area contributed by atoms with E-state index in [9.17, 15) is 24.0 Å². The monoisotopic (exact) mass is 684 g/mol. The molecular formula is C38H48N6O6. The fourth-order valence-electron chi connectivity index (χ4n) is 5.67. The van der Waals surface area contributed by atoms with E-state index in [1.54, 1.807) is 0 Å². The van der Waals surface area contributed by atoms with Gasteiger partial charge < -0.3 is 36.6 Å². The first-order valence-electron chi connectivity index (χ1n) is 17.1. The first-order valence-corrected chi connectivity index (χ1v) is 17.1. The number of carbonyl (C=O) groups excluding carboxylic acids is 5. The van der Waals surface area contributed by atoms with Gasteiger partial charge >= 0.3 is 0 Å². The van der Waals surface area contributed by atoms with E-state index >= 15 is 0 Å². The number of nitrogens with zero attached hydrogens (tertiary/aromatic N) is 1. The second-order valence-corrected chi connectivity index (χ2v) is 12.6. The van der Waals surface area contributed by atoms with Crippen molar-refractivity contribution in [3.63, 3.8) is 0 Å². The molecule has 1 saturated heterocycles. The molecular weight excluding hydrogens is 636 g/mol. The average Bonchev–Trinajstić information content (AvgIpc) is 3.11. The van der Waals surface area contributed by atoms with Crippen molar-refractivity contribution in [1.82, 2.24) is 26.2 Å². The number of hydrogen-bond donors (Lipinski definition) is 5. The molecule has 1 fully saturated rings. The van der Waals surface area contributed by atoms with E-state index in [0.29, 0.717) is 6.54 Å². The second-order valence-electron chi connectivity index (χ2n) is 12.6. The van der Waals surface area contributed by atoms with Crippen molar-refractivity contribution in [1.29, 1.82) is 0 Å². The molecule has 3 atom stereocenters. The number of nitrogens with one attached hydrogen (secondary N) is 4. The van der Waals surface area contributed by atoms with Crippen molar-refractivity contribution >= 4 is 29.5 Å². The lowest BCUT2D eigenvalue weighted by Gasteiger charge is -2.32. The van der Waals surface area contributed by atoms with E-state index in [1.165, 1.54) is 19.4 Å². The van der Waals surface area contributed by atoms with Gasteiger partial charge in [0.2, 0.25) is 29.5 Å². The van der Waals surface area contributed by atoms with Crippen molar-refractivity contribution in [2.45, 2.75) is 70.2 Å². The Balaban J connectivity index is 1.10. The third kappa shape index (κ3) is 12.3. The van der Waals surface area contributed by atoms with Crippen LogP contribution in [-0.4, -0.2) is 84.8 Å². The topological polar surface area (TPSA) is 172 Å². The minimum atomic E-state index is -0.994. The Morgan fingerprint density at radius 2 is 1.34 bits per heavy atom. The second kappa shape index (κ2) is 19.1. The van der Waals surface area contributed by atoms with E-state index in [1.807, 2.05) is 66.7 Å². The lowest BCUT2D eigenvalue weighted by molar-refractivity contribution is -0.132. The molecule has 0 aromatic heterocycles. The number of ether oxygens (including phenoxy) is 1. The van der Waals surface area contributed by atoms with Gasteiger partial charge in [-0.15, -0.1) is 0 Å². The number of piperidine rings is 1. The molecule has 50 heavy (non-hydrogen) atoms. The average molecular weight is 685 g/mol. The van der Waals surface area contributed by atoms with Crippen LogP contribution in [0.2, 0.25) is 0 Å². The van der Waals surface area contributed by atoms with Crippen molar-refractivity contribution in [2.24, 2.45) is 5.73 Å². The molecule has 0 radical (unpaired) electrons. The Kier molecular flexibility index (Phi) is 14.3. The number of carbonyl (C=O) groups is 5. The van der Waals surface area contributed by atoms with Gasteiger partial charge in [-0.25, -0.2) is 0 Å². The third-order valence-corrected chi connectivity index (χ3v) is 8.60. The molecule has 6 N–H and O–H groups in total. The first-order chi connectivity index (χ1) is 24.1. The summed E-state index contributed by atoms with van der Waals surface area (Å²) in [5.74, 6) is -1.79. The molecule has 0 bridgehead atoms. The lowest BCUT2D eigenvalue weighted by Crippen LogP contribution is -2.55. The highest BCUT2D eigenvalue weighted by atomic mass is 16.5.